The molecule has 0 saturated carbocycles. The van der Waals surface area contributed by atoms with Crippen LogP contribution in [0, 0.1) is 5.92 Å². The highest BCUT2D eigenvalue weighted by Crippen LogP contribution is 2.37. The van der Waals surface area contributed by atoms with E-state index < -0.39 is 6.43 Å². The van der Waals surface area contributed by atoms with Crippen molar-refractivity contribution in [2.24, 2.45) is 5.92 Å². The predicted octanol–water partition coefficient (Wildman–Crippen LogP) is 4.41. The fourth-order valence-corrected chi connectivity index (χ4v) is 2.85. The molecule has 0 spiro atoms. The van der Waals surface area contributed by atoms with Crippen LogP contribution in [0.25, 0.3) is 0 Å². The van der Waals surface area contributed by atoms with Crippen LogP contribution in [0.3, 0.4) is 0 Å². The Labute approximate surface area is 109 Å². The summed E-state index contributed by atoms with van der Waals surface area (Å²) in [5.74, 6) is 0.541. The van der Waals surface area contributed by atoms with E-state index in [9.17, 15) is 8.78 Å². The number of hydrogen-bond acceptors (Lipinski definition) is 1. The summed E-state index contributed by atoms with van der Waals surface area (Å²) >= 11 is 3.22. The zero-order chi connectivity index (χ0) is 12.6. The number of anilines is 1. The Morgan fingerprint density at radius 3 is 2.65 bits per heavy atom. The highest BCUT2D eigenvalue weighted by atomic mass is 79.9. The summed E-state index contributed by atoms with van der Waals surface area (Å²) in [5, 5.41) is 0. The molecular formula is C13H16BrF2N. The molecule has 4 heteroatoms. The predicted molar refractivity (Wildman–Crippen MR) is 69.9 cm³/mol. The average Bonchev–Trinajstić information content (AvgIpc) is 2.58. The molecule has 0 aromatic heterocycles. The molecule has 0 fully saturated rings. The van der Waals surface area contributed by atoms with E-state index in [2.05, 4.69) is 34.7 Å². The van der Waals surface area contributed by atoms with Crippen LogP contribution in [-0.2, 0) is 6.42 Å². The first-order chi connectivity index (χ1) is 7.99. The number of fused-ring (bicyclic) bond motifs is 1. The molecule has 0 amide bonds. The molecule has 0 radical (unpaired) electrons. The van der Waals surface area contributed by atoms with Gasteiger partial charge in [0.2, 0.25) is 0 Å². The van der Waals surface area contributed by atoms with Gasteiger partial charge in [-0.15, -0.1) is 0 Å². The summed E-state index contributed by atoms with van der Waals surface area (Å²) in [4.78, 5) is 2.21. The fraction of sp³-hybridized carbons (Fsp3) is 0.538. The van der Waals surface area contributed by atoms with E-state index in [0.29, 0.717) is 10.4 Å². The Bertz CT molecular complexity index is 418. The highest BCUT2D eigenvalue weighted by Gasteiger charge is 2.23. The van der Waals surface area contributed by atoms with E-state index in [1.54, 1.807) is 6.07 Å². The van der Waals surface area contributed by atoms with Crippen molar-refractivity contribution >= 4 is 21.6 Å². The lowest BCUT2D eigenvalue weighted by Crippen LogP contribution is -2.25. The van der Waals surface area contributed by atoms with Gasteiger partial charge in [0.25, 0.3) is 6.43 Å². The monoisotopic (exact) mass is 303 g/mol. The van der Waals surface area contributed by atoms with E-state index in [1.165, 1.54) is 5.56 Å². The van der Waals surface area contributed by atoms with Crippen LogP contribution >= 0.6 is 15.9 Å². The minimum absolute atomic E-state index is 0.0967. The van der Waals surface area contributed by atoms with Crippen molar-refractivity contribution in [3.05, 3.63) is 27.7 Å². The minimum atomic E-state index is -2.42. The smallest absolute Gasteiger partial charge is 0.265 e. The average molecular weight is 304 g/mol. The molecule has 1 aliphatic heterocycles. The van der Waals surface area contributed by atoms with E-state index in [1.807, 2.05) is 6.07 Å². The first kappa shape index (κ1) is 12.8. The molecule has 0 unspecified atom stereocenters. The molecule has 2 rings (SSSR count). The van der Waals surface area contributed by atoms with E-state index in [0.717, 1.165) is 25.2 Å². The molecule has 1 aliphatic rings. The van der Waals surface area contributed by atoms with Gasteiger partial charge in [-0.3, -0.25) is 0 Å². The molecular weight excluding hydrogens is 288 g/mol. The third-order valence-electron chi connectivity index (χ3n) is 3.01. The summed E-state index contributed by atoms with van der Waals surface area (Å²) < 4.78 is 26.2. The van der Waals surface area contributed by atoms with E-state index in [4.69, 9.17) is 0 Å². The van der Waals surface area contributed by atoms with Crippen LogP contribution in [0.4, 0.5) is 14.5 Å². The van der Waals surface area contributed by atoms with Gasteiger partial charge in [-0.1, -0.05) is 29.8 Å². The van der Waals surface area contributed by atoms with Crippen molar-refractivity contribution in [2.45, 2.75) is 26.7 Å². The maximum atomic E-state index is 12.8. The second-order valence-corrected chi connectivity index (χ2v) is 5.75. The van der Waals surface area contributed by atoms with Gasteiger partial charge < -0.3 is 4.90 Å². The zero-order valence-electron chi connectivity index (χ0n) is 10.0. The number of rotatable bonds is 3. The van der Waals surface area contributed by atoms with Crippen molar-refractivity contribution in [1.29, 1.82) is 0 Å². The number of alkyl halides is 2. The molecule has 0 N–H and O–H groups in total. The third kappa shape index (κ3) is 2.62. The molecule has 1 aromatic carbocycles. The Balaban J connectivity index is 2.34. The van der Waals surface area contributed by atoms with Crippen LogP contribution in [0.2, 0.25) is 0 Å². The van der Waals surface area contributed by atoms with Gasteiger partial charge in [-0.05, 0) is 30.0 Å². The fourth-order valence-electron chi connectivity index (χ4n) is 2.29. The van der Waals surface area contributed by atoms with Crippen molar-refractivity contribution in [1.82, 2.24) is 0 Å². The van der Waals surface area contributed by atoms with Gasteiger partial charge in [0, 0.05) is 28.8 Å². The highest BCUT2D eigenvalue weighted by molar-refractivity contribution is 9.10. The number of halogens is 3. The Morgan fingerprint density at radius 2 is 2.06 bits per heavy atom. The summed E-state index contributed by atoms with van der Waals surface area (Å²) in [6.07, 6.45) is -1.47. The SMILES string of the molecule is CC(C)CN1CCc2cc(Br)c(C(F)F)cc21. The quantitative estimate of drug-likeness (QED) is 0.800. The second-order valence-electron chi connectivity index (χ2n) is 4.89. The standard InChI is InChI=1S/C13H16BrF2N/c1-8(2)7-17-4-3-9-5-11(14)10(13(15)16)6-12(9)17/h5-6,8,13H,3-4,7H2,1-2H3. The van der Waals surface area contributed by atoms with Crippen LogP contribution < -0.4 is 4.90 Å². The van der Waals surface area contributed by atoms with Gasteiger partial charge >= 0.3 is 0 Å². The van der Waals surface area contributed by atoms with Crippen molar-refractivity contribution in [2.75, 3.05) is 18.0 Å². The van der Waals surface area contributed by atoms with Crippen molar-refractivity contribution in [3.63, 3.8) is 0 Å². The minimum Gasteiger partial charge on any atom is -0.371 e. The first-order valence-electron chi connectivity index (χ1n) is 5.84. The van der Waals surface area contributed by atoms with Gasteiger partial charge in [-0.2, -0.15) is 0 Å². The lowest BCUT2D eigenvalue weighted by atomic mass is 10.1. The molecule has 94 valence electrons. The van der Waals surface area contributed by atoms with Crippen LogP contribution in [-0.4, -0.2) is 13.1 Å². The topological polar surface area (TPSA) is 3.24 Å². The summed E-state index contributed by atoms with van der Waals surface area (Å²) in [6.45, 7) is 6.15. The van der Waals surface area contributed by atoms with Crippen molar-refractivity contribution in [3.8, 4) is 0 Å². The molecule has 17 heavy (non-hydrogen) atoms. The molecule has 0 bridgehead atoms. The summed E-state index contributed by atoms with van der Waals surface area (Å²) in [7, 11) is 0. The third-order valence-corrected chi connectivity index (χ3v) is 3.70. The molecule has 0 saturated heterocycles. The Morgan fingerprint density at radius 1 is 1.35 bits per heavy atom. The van der Waals surface area contributed by atoms with Crippen LogP contribution in [0.5, 0.6) is 0 Å². The first-order valence-corrected chi connectivity index (χ1v) is 6.63. The molecule has 0 aliphatic carbocycles. The Hall–Kier alpha value is -0.640. The molecule has 1 aromatic rings. The molecule has 1 heterocycles. The number of hydrogen-bond donors (Lipinski definition) is 0. The Kier molecular flexibility index (Phi) is 3.71. The molecule has 1 nitrogen and oxygen atoms in total. The summed E-state index contributed by atoms with van der Waals surface area (Å²) in [5.41, 5.74) is 2.25. The summed E-state index contributed by atoms with van der Waals surface area (Å²) in [6, 6.07) is 3.48. The largest absolute Gasteiger partial charge is 0.371 e. The van der Waals surface area contributed by atoms with Crippen molar-refractivity contribution < 1.29 is 8.78 Å². The van der Waals surface area contributed by atoms with Gasteiger partial charge in [0.15, 0.2) is 0 Å². The maximum Gasteiger partial charge on any atom is 0.265 e. The second kappa shape index (κ2) is 4.92. The van der Waals surface area contributed by atoms with Crippen LogP contribution in [0.1, 0.15) is 31.4 Å². The lowest BCUT2D eigenvalue weighted by molar-refractivity contribution is 0.150. The van der Waals surface area contributed by atoms with E-state index >= 15 is 0 Å². The van der Waals surface area contributed by atoms with Gasteiger partial charge in [0.05, 0.1) is 0 Å². The van der Waals surface area contributed by atoms with Crippen LogP contribution in [0.15, 0.2) is 16.6 Å². The lowest BCUT2D eigenvalue weighted by Gasteiger charge is -2.22. The van der Waals surface area contributed by atoms with E-state index in [-0.39, 0.29) is 5.56 Å². The van der Waals surface area contributed by atoms with Gasteiger partial charge in [0.1, 0.15) is 0 Å². The zero-order valence-corrected chi connectivity index (χ0v) is 11.6. The maximum absolute atomic E-state index is 12.8. The van der Waals surface area contributed by atoms with Gasteiger partial charge in [-0.25, -0.2) is 8.78 Å². The number of benzene rings is 1. The normalized spacial score (nSPS) is 14.9. The number of nitrogens with zero attached hydrogens (tertiary/aromatic N) is 1. The molecule has 0 atom stereocenters.